The van der Waals surface area contributed by atoms with Crippen LogP contribution in [0, 0.1) is 0 Å². The van der Waals surface area contributed by atoms with Crippen LogP contribution < -0.4 is 9.62 Å². The maximum absolute atomic E-state index is 13.2. The van der Waals surface area contributed by atoms with Crippen LogP contribution in [-0.2, 0) is 14.8 Å². The largest absolute Gasteiger partial charge is 0.342 e. The first-order valence-corrected chi connectivity index (χ1v) is 11.3. The van der Waals surface area contributed by atoms with Gasteiger partial charge in [-0.15, -0.1) is 0 Å². The summed E-state index contributed by atoms with van der Waals surface area (Å²) < 4.78 is 27.5. The molecule has 1 aliphatic heterocycles. The van der Waals surface area contributed by atoms with Crippen molar-refractivity contribution in [3.63, 3.8) is 0 Å². The second-order valence-corrected chi connectivity index (χ2v) is 9.14. The van der Waals surface area contributed by atoms with Crippen molar-refractivity contribution in [1.29, 1.82) is 0 Å². The van der Waals surface area contributed by atoms with E-state index in [1.165, 1.54) is 4.31 Å². The van der Waals surface area contributed by atoms with Crippen LogP contribution in [0.1, 0.15) is 17.3 Å². The van der Waals surface area contributed by atoms with Crippen LogP contribution in [0.5, 0.6) is 0 Å². The van der Waals surface area contributed by atoms with Crippen molar-refractivity contribution in [2.45, 2.75) is 10.9 Å². The summed E-state index contributed by atoms with van der Waals surface area (Å²) in [6.45, 7) is -0.313. The Kier molecular flexibility index (Phi) is 4.67. The predicted molar refractivity (Wildman–Crippen MR) is 119 cm³/mol. The highest BCUT2D eigenvalue weighted by atomic mass is 32.2. The van der Waals surface area contributed by atoms with Gasteiger partial charge in [-0.3, -0.25) is 14.1 Å². The minimum absolute atomic E-state index is 0.234. The molecule has 0 aliphatic carbocycles. The SMILES string of the molecule is O=C(CN1c2cccc3cccc(c23)S1(=O)=O)NC(c1ccccc1)c1ccccn1. The van der Waals surface area contributed by atoms with E-state index in [4.69, 9.17) is 0 Å². The summed E-state index contributed by atoms with van der Waals surface area (Å²) in [6, 6.07) is 25.1. The molecule has 1 aliphatic rings. The Balaban J connectivity index is 1.47. The predicted octanol–water partition coefficient (Wildman–Crippen LogP) is 3.65. The first kappa shape index (κ1) is 19.3. The number of hydrogen-bond acceptors (Lipinski definition) is 4. The van der Waals surface area contributed by atoms with E-state index in [2.05, 4.69) is 10.3 Å². The molecule has 0 spiro atoms. The third-order valence-corrected chi connectivity index (χ3v) is 7.19. The van der Waals surface area contributed by atoms with Gasteiger partial charge in [-0.25, -0.2) is 8.42 Å². The van der Waals surface area contributed by atoms with Crippen molar-refractivity contribution < 1.29 is 13.2 Å². The first-order valence-electron chi connectivity index (χ1n) is 9.85. The number of anilines is 1. The molecule has 5 rings (SSSR count). The van der Waals surface area contributed by atoms with Gasteiger partial charge in [0.25, 0.3) is 10.0 Å². The fraction of sp³-hybridized carbons (Fsp3) is 0.0833. The van der Waals surface area contributed by atoms with Crippen LogP contribution in [0.25, 0.3) is 10.8 Å². The molecule has 7 heteroatoms. The summed E-state index contributed by atoms with van der Waals surface area (Å²) in [7, 11) is -3.80. The Morgan fingerprint density at radius 1 is 0.903 bits per heavy atom. The molecule has 4 aromatic rings. The van der Waals surface area contributed by atoms with E-state index >= 15 is 0 Å². The molecule has 3 aromatic carbocycles. The summed E-state index contributed by atoms with van der Waals surface area (Å²) in [4.78, 5) is 17.7. The van der Waals surface area contributed by atoms with E-state index in [0.29, 0.717) is 16.8 Å². The summed E-state index contributed by atoms with van der Waals surface area (Å²) >= 11 is 0. The lowest BCUT2D eigenvalue weighted by atomic mass is 10.0. The van der Waals surface area contributed by atoms with Crippen LogP contribution in [-0.4, -0.2) is 25.9 Å². The number of nitrogens with zero attached hydrogens (tertiary/aromatic N) is 2. The van der Waals surface area contributed by atoms with Crippen molar-refractivity contribution in [3.05, 3.63) is 102 Å². The van der Waals surface area contributed by atoms with Crippen LogP contribution in [0.3, 0.4) is 0 Å². The Morgan fingerprint density at radius 2 is 1.65 bits per heavy atom. The average molecular weight is 430 g/mol. The second kappa shape index (κ2) is 7.52. The number of sulfonamides is 1. The molecule has 1 unspecified atom stereocenters. The number of pyridine rings is 1. The van der Waals surface area contributed by atoms with Gasteiger partial charge in [-0.1, -0.05) is 60.7 Å². The van der Waals surface area contributed by atoms with Crippen LogP contribution in [0.4, 0.5) is 5.69 Å². The highest BCUT2D eigenvalue weighted by Gasteiger charge is 2.37. The number of carbonyl (C=O) groups excluding carboxylic acids is 1. The summed E-state index contributed by atoms with van der Waals surface area (Å²) in [6.07, 6.45) is 1.67. The molecule has 1 amide bonds. The molecule has 6 nitrogen and oxygen atoms in total. The molecule has 1 N–H and O–H groups in total. The zero-order chi connectivity index (χ0) is 21.4. The monoisotopic (exact) mass is 429 g/mol. The van der Waals surface area contributed by atoms with E-state index in [0.717, 1.165) is 10.9 Å². The molecular formula is C24H19N3O3S. The van der Waals surface area contributed by atoms with Gasteiger partial charge in [0.1, 0.15) is 6.54 Å². The number of aromatic nitrogens is 1. The van der Waals surface area contributed by atoms with Gasteiger partial charge < -0.3 is 5.32 Å². The molecule has 0 saturated carbocycles. The number of carbonyl (C=O) groups is 1. The molecule has 154 valence electrons. The van der Waals surface area contributed by atoms with E-state index in [-0.39, 0.29) is 11.4 Å². The Bertz CT molecular complexity index is 1330. The van der Waals surface area contributed by atoms with Crippen molar-refractivity contribution in [2.24, 2.45) is 0 Å². The molecule has 1 aromatic heterocycles. The zero-order valence-electron chi connectivity index (χ0n) is 16.5. The topological polar surface area (TPSA) is 79.4 Å². The van der Waals surface area contributed by atoms with Gasteiger partial charge >= 0.3 is 0 Å². The Morgan fingerprint density at radius 3 is 2.39 bits per heavy atom. The fourth-order valence-electron chi connectivity index (χ4n) is 3.99. The van der Waals surface area contributed by atoms with Crippen molar-refractivity contribution in [1.82, 2.24) is 10.3 Å². The lowest BCUT2D eigenvalue weighted by Crippen LogP contribution is -2.40. The number of hydrogen-bond donors (Lipinski definition) is 1. The quantitative estimate of drug-likeness (QED) is 0.525. The standard InChI is InChI=1S/C24H19N3O3S/c28-22(26-24(18-8-2-1-3-9-18)19-12-4-5-15-25-19)16-27-20-13-6-10-17-11-7-14-21(23(17)20)31(27,29)30/h1-15,24H,16H2,(H,26,28). The first-order chi connectivity index (χ1) is 15.1. The minimum atomic E-state index is -3.80. The van der Waals surface area contributed by atoms with Crippen LogP contribution in [0.15, 0.2) is 96.0 Å². The lowest BCUT2D eigenvalue weighted by molar-refractivity contribution is -0.120. The maximum Gasteiger partial charge on any atom is 0.265 e. The summed E-state index contributed by atoms with van der Waals surface area (Å²) in [5.74, 6) is -0.409. The molecule has 31 heavy (non-hydrogen) atoms. The van der Waals surface area contributed by atoms with Gasteiger partial charge in [-0.2, -0.15) is 0 Å². The summed E-state index contributed by atoms with van der Waals surface area (Å²) in [5.41, 5.74) is 2.07. The molecule has 0 saturated heterocycles. The zero-order valence-corrected chi connectivity index (χ0v) is 17.3. The molecule has 1 atom stereocenters. The molecule has 0 bridgehead atoms. The number of nitrogens with one attached hydrogen (secondary N) is 1. The van der Waals surface area contributed by atoms with Crippen molar-refractivity contribution in [2.75, 3.05) is 10.8 Å². The van der Waals surface area contributed by atoms with Crippen molar-refractivity contribution >= 4 is 32.4 Å². The normalized spacial score (nSPS) is 15.0. The van der Waals surface area contributed by atoms with Gasteiger partial charge in [0.15, 0.2) is 0 Å². The lowest BCUT2D eigenvalue weighted by Gasteiger charge is -2.22. The summed E-state index contributed by atoms with van der Waals surface area (Å²) in [5, 5.41) is 4.45. The number of benzene rings is 3. The third kappa shape index (κ3) is 3.33. The number of amides is 1. The highest BCUT2D eigenvalue weighted by Crippen LogP contribution is 2.41. The van der Waals surface area contributed by atoms with Crippen LogP contribution in [0.2, 0.25) is 0 Å². The third-order valence-electron chi connectivity index (χ3n) is 5.39. The van der Waals surface area contributed by atoms with E-state index in [1.54, 1.807) is 30.5 Å². The Labute approximate surface area is 180 Å². The molecular weight excluding hydrogens is 410 g/mol. The maximum atomic E-state index is 13.2. The van der Waals surface area contributed by atoms with E-state index < -0.39 is 22.0 Å². The average Bonchev–Trinajstić information content (AvgIpc) is 3.02. The van der Waals surface area contributed by atoms with Crippen LogP contribution >= 0.6 is 0 Å². The second-order valence-electron chi connectivity index (χ2n) is 7.31. The highest BCUT2D eigenvalue weighted by molar-refractivity contribution is 7.93. The fourth-order valence-corrected chi connectivity index (χ4v) is 5.65. The van der Waals surface area contributed by atoms with E-state index in [1.807, 2.05) is 60.7 Å². The Hall–Kier alpha value is -3.71. The van der Waals surface area contributed by atoms with Gasteiger partial charge in [0, 0.05) is 11.6 Å². The smallest absolute Gasteiger partial charge is 0.265 e. The van der Waals surface area contributed by atoms with Gasteiger partial charge in [-0.05, 0) is 35.2 Å². The minimum Gasteiger partial charge on any atom is -0.342 e. The van der Waals surface area contributed by atoms with Crippen molar-refractivity contribution in [3.8, 4) is 0 Å². The van der Waals surface area contributed by atoms with E-state index in [9.17, 15) is 13.2 Å². The molecule has 0 fully saturated rings. The molecule has 2 heterocycles. The van der Waals surface area contributed by atoms with Gasteiger partial charge in [0.2, 0.25) is 5.91 Å². The number of rotatable bonds is 5. The molecule has 0 radical (unpaired) electrons. The van der Waals surface area contributed by atoms with Gasteiger partial charge in [0.05, 0.1) is 22.3 Å².